The fourth-order valence-electron chi connectivity index (χ4n) is 3.45. The lowest BCUT2D eigenvalue weighted by Gasteiger charge is -2.53. The monoisotopic (exact) mass is 252 g/mol. The number of nitrogens with two attached hydrogens (primary N) is 1. The molecule has 18 heavy (non-hydrogen) atoms. The Morgan fingerprint density at radius 3 is 2.67 bits per heavy atom. The molecule has 3 heteroatoms. The zero-order valence-electron chi connectivity index (χ0n) is 12.1. The Balaban J connectivity index is 1.99. The van der Waals surface area contributed by atoms with E-state index in [1.165, 1.54) is 19.3 Å². The second-order valence-electron chi connectivity index (χ2n) is 6.58. The Bertz CT molecular complexity index is 312. The highest BCUT2D eigenvalue weighted by molar-refractivity contribution is 5.82. The van der Waals surface area contributed by atoms with Crippen LogP contribution in [0.1, 0.15) is 52.9 Å². The van der Waals surface area contributed by atoms with Crippen LogP contribution >= 0.6 is 0 Å². The van der Waals surface area contributed by atoms with Gasteiger partial charge in [0.25, 0.3) is 0 Å². The van der Waals surface area contributed by atoms with Crippen molar-refractivity contribution >= 4 is 5.91 Å². The standard InChI is InChI=1S/C15H28N2O/c1-4-11(2)13(16)14(18)17-9-6-12(3)15(10-17)7-5-8-15/h11-13H,4-10,16H2,1-3H3. The van der Waals surface area contributed by atoms with Gasteiger partial charge in [0.2, 0.25) is 5.91 Å². The fraction of sp³-hybridized carbons (Fsp3) is 0.933. The van der Waals surface area contributed by atoms with Crippen molar-refractivity contribution < 1.29 is 4.79 Å². The number of nitrogens with zero attached hydrogens (tertiary/aromatic N) is 1. The summed E-state index contributed by atoms with van der Waals surface area (Å²) in [6.45, 7) is 8.40. The van der Waals surface area contributed by atoms with Crippen LogP contribution in [0.4, 0.5) is 0 Å². The third-order valence-electron chi connectivity index (χ3n) is 5.59. The number of rotatable bonds is 3. The molecule has 0 aromatic rings. The Morgan fingerprint density at radius 2 is 2.17 bits per heavy atom. The molecule has 1 aliphatic heterocycles. The van der Waals surface area contributed by atoms with Gasteiger partial charge in [0.1, 0.15) is 0 Å². The Morgan fingerprint density at radius 1 is 1.50 bits per heavy atom. The van der Waals surface area contributed by atoms with Crippen LogP contribution in [0.15, 0.2) is 0 Å². The highest BCUT2D eigenvalue weighted by atomic mass is 16.2. The molecule has 1 amide bonds. The first-order chi connectivity index (χ1) is 8.50. The van der Waals surface area contributed by atoms with Crippen molar-refractivity contribution in [3.63, 3.8) is 0 Å². The van der Waals surface area contributed by atoms with Gasteiger partial charge in [0.05, 0.1) is 6.04 Å². The molecular weight excluding hydrogens is 224 g/mol. The molecule has 1 spiro atoms. The van der Waals surface area contributed by atoms with Gasteiger partial charge in [-0.1, -0.05) is 33.6 Å². The summed E-state index contributed by atoms with van der Waals surface area (Å²) in [5, 5.41) is 0. The zero-order valence-corrected chi connectivity index (χ0v) is 12.1. The molecule has 3 nitrogen and oxygen atoms in total. The van der Waals surface area contributed by atoms with Crippen LogP contribution < -0.4 is 5.73 Å². The summed E-state index contributed by atoms with van der Waals surface area (Å²) >= 11 is 0. The molecule has 2 N–H and O–H groups in total. The van der Waals surface area contributed by atoms with E-state index in [1.54, 1.807) is 0 Å². The largest absolute Gasteiger partial charge is 0.341 e. The Labute approximate surface area is 111 Å². The van der Waals surface area contributed by atoms with Crippen LogP contribution in [-0.2, 0) is 4.79 Å². The van der Waals surface area contributed by atoms with Crippen molar-refractivity contribution in [1.82, 2.24) is 4.90 Å². The van der Waals surface area contributed by atoms with Crippen LogP contribution in [-0.4, -0.2) is 29.9 Å². The number of hydrogen-bond donors (Lipinski definition) is 1. The number of amides is 1. The molecule has 1 saturated carbocycles. The van der Waals surface area contributed by atoms with E-state index < -0.39 is 0 Å². The van der Waals surface area contributed by atoms with Crippen molar-refractivity contribution in [2.24, 2.45) is 23.0 Å². The van der Waals surface area contributed by atoms with Crippen molar-refractivity contribution in [3.8, 4) is 0 Å². The zero-order chi connectivity index (χ0) is 13.3. The number of hydrogen-bond acceptors (Lipinski definition) is 2. The molecule has 0 radical (unpaired) electrons. The minimum absolute atomic E-state index is 0.183. The molecule has 2 fully saturated rings. The molecule has 0 aromatic heterocycles. The maximum absolute atomic E-state index is 12.4. The van der Waals surface area contributed by atoms with Crippen LogP contribution in [0.25, 0.3) is 0 Å². The molecule has 0 bridgehead atoms. The molecule has 1 aliphatic carbocycles. The molecule has 104 valence electrons. The molecule has 2 aliphatic rings. The van der Waals surface area contributed by atoms with Gasteiger partial charge in [-0.05, 0) is 36.5 Å². The highest BCUT2D eigenvalue weighted by Crippen LogP contribution is 2.50. The minimum Gasteiger partial charge on any atom is -0.341 e. The lowest BCUT2D eigenvalue weighted by molar-refractivity contribution is -0.141. The Kier molecular flexibility index (Phi) is 4.00. The van der Waals surface area contributed by atoms with E-state index >= 15 is 0 Å². The number of piperidine rings is 1. The summed E-state index contributed by atoms with van der Waals surface area (Å²) in [4.78, 5) is 14.5. The minimum atomic E-state index is -0.305. The first-order valence-corrected chi connectivity index (χ1v) is 7.54. The second kappa shape index (κ2) is 5.20. The molecule has 1 heterocycles. The van der Waals surface area contributed by atoms with Crippen molar-refractivity contribution in [2.75, 3.05) is 13.1 Å². The van der Waals surface area contributed by atoms with Gasteiger partial charge in [0, 0.05) is 13.1 Å². The summed E-state index contributed by atoms with van der Waals surface area (Å²) in [7, 11) is 0. The maximum atomic E-state index is 12.4. The first kappa shape index (κ1) is 13.9. The number of carbonyl (C=O) groups excluding carboxylic acids is 1. The van der Waals surface area contributed by atoms with Gasteiger partial charge in [-0.2, -0.15) is 0 Å². The van der Waals surface area contributed by atoms with Gasteiger partial charge in [-0.3, -0.25) is 4.79 Å². The van der Waals surface area contributed by atoms with E-state index in [2.05, 4.69) is 25.7 Å². The molecule has 0 aromatic carbocycles. The normalized spacial score (nSPS) is 29.8. The Hall–Kier alpha value is -0.570. The first-order valence-electron chi connectivity index (χ1n) is 7.54. The van der Waals surface area contributed by atoms with Gasteiger partial charge in [-0.15, -0.1) is 0 Å². The lowest BCUT2D eigenvalue weighted by atomic mass is 9.59. The molecule has 3 atom stereocenters. The fourth-order valence-corrected chi connectivity index (χ4v) is 3.45. The van der Waals surface area contributed by atoms with Crippen LogP contribution in [0.2, 0.25) is 0 Å². The smallest absolute Gasteiger partial charge is 0.239 e. The molecular formula is C15H28N2O. The van der Waals surface area contributed by atoms with E-state index in [0.717, 1.165) is 31.8 Å². The average Bonchev–Trinajstić information content (AvgIpc) is 2.34. The molecule has 1 saturated heterocycles. The van der Waals surface area contributed by atoms with E-state index in [0.29, 0.717) is 5.41 Å². The maximum Gasteiger partial charge on any atom is 0.239 e. The van der Waals surface area contributed by atoms with Crippen molar-refractivity contribution in [2.45, 2.75) is 58.9 Å². The van der Waals surface area contributed by atoms with Gasteiger partial charge in [0.15, 0.2) is 0 Å². The summed E-state index contributed by atoms with van der Waals surface area (Å²) < 4.78 is 0. The van der Waals surface area contributed by atoms with Gasteiger partial charge < -0.3 is 10.6 Å². The third-order valence-corrected chi connectivity index (χ3v) is 5.59. The van der Waals surface area contributed by atoms with Crippen molar-refractivity contribution in [3.05, 3.63) is 0 Å². The molecule has 2 rings (SSSR count). The van der Waals surface area contributed by atoms with Crippen LogP contribution in [0, 0.1) is 17.3 Å². The topological polar surface area (TPSA) is 46.3 Å². The van der Waals surface area contributed by atoms with E-state index in [9.17, 15) is 4.79 Å². The predicted molar refractivity (Wildman–Crippen MR) is 74.1 cm³/mol. The summed E-state index contributed by atoms with van der Waals surface area (Å²) in [5.74, 6) is 1.24. The second-order valence-corrected chi connectivity index (χ2v) is 6.58. The van der Waals surface area contributed by atoms with E-state index in [1.807, 2.05) is 0 Å². The molecule has 3 unspecified atom stereocenters. The summed E-state index contributed by atoms with van der Waals surface area (Å²) in [6, 6.07) is -0.305. The van der Waals surface area contributed by atoms with Crippen molar-refractivity contribution in [1.29, 1.82) is 0 Å². The quantitative estimate of drug-likeness (QED) is 0.838. The van der Waals surface area contributed by atoms with Gasteiger partial charge in [-0.25, -0.2) is 0 Å². The van der Waals surface area contributed by atoms with Crippen LogP contribution in [0.5, 0.6) is 0 Å². The highest BCUT2D eigenvalue weighted by Gasteiger charge is 2.46. The predicted octanol–water partition coefficient (Wildman–Crippen LogP) is 2.40. The third kappa shape index (κ3) is 2.29. The summed E-state index contributed by atoms with van der Waals surface area (Å²) in [6.07, 6.45) is 6.07. The summed E-state index contributed by atoms with van der Waals surface area (Å²) in [5.41, 5.74) is 6.53. The number of likely N-dealkylation sites (tertiary alicyclic amines) is 1. The average molecular weight is 252 g/mol. The van der Waals surface area contributed by atoms with E-state index in [-0.39, 0.29) is 17.9 Å². The van der Waals surface area contributed by atoms with Crippen LogP contribution in [0.3, 0.4) is 0 Å². The van der Waals surface area contributed by atoms with Gasteiger partial charge >= 0.3 is 0 Å². The number of carbonyl (C=O) groups is 1. The van der Waals surface area contributed by atoms with E-state index in [4.69, 9.17) is 5.73 Å². The SMILES string of the molecule is CCC(C)C(N)C(=O)N1CCC(C)C2(CCC2)C1. The lowest BCUT2D eigenvalue weighted by Crippen LogP contribution is -2.57.